The summed E-state index contributed by atoms with van der Waals surface area (Å²) in [4.78, 5) is 2.36. The first kappa shape index (κ1) is 9.96. The molecule has 1 fully saturated rings. The number of methoxy groups -OCH3 is 1. The molecule has 1 aliphatic carbocycles. The Hall–Kier alpha value is -0.120. The third-order valence-electron chi connectivity index (χ3n) is 2.49. The van der Waals surface area contributed by atoms with Crippen LogP contribution in [0.15, 0.2) is 0 Å². The Labute approximate surface area is 74.9 Å². The van der Waals surface area contributed by atoms with E-state index >= 15 is 0 Å². The van der Waals surface area contributed by atoms with Crippen LogP contribution in [0, 0.1) is 0 Å². The van der Waals surface area contributed by atoms with Gasteiger partial charge in [0.15, 0.2) is 0 Å². The molecule has 0 amide bonds. The fraction of sp³-hybridized carbons (Fsp3) is 1.00. The van der Waals surface area contributed by atoms with Crippen LogP contribution in [0.25, 0.3) is 0 Å². The number of nitrogens with zero attached hydrogens (tertiary/aromatic N) is 1. The maximum Gasteiger partial charge on any atom is 0.0589 e. The van der Waals surface area contributed by atoms with Gasteiger partial charge in [-0.1, -0.05) is 6.92 Å². The van der Waals surface area contributed by atoms with E-state index in [2.05, 4.69) is 11.8 Å². The van der Waals surface area contributed by atoms with Gasteiger partial charge in [0.2, 0.25) is 0 Å². The second-order valence-corrected chi connectivity index (χ2v) is 3.72. The summed E-state index contributed by atoms with van der Waals surface area (Å²) >= 11 is 0. The van der Waals surface area contributed by atoms with Crippen LogP contribution < -0.4 is 5.73 Å². The van der Waals surface area contributed by atoms with Crippen LogP contribution in [-0.2, 0) is 4.74 Å². The number of nitrogens with two attached hydrogens (primary N) is 1. The van der Waals surface area contributed by atoms with Crippen molar-refractivity contribution >= 4 is 0 Å². The predicted octanol–water partition coefficient (Wildman–Crippen LogP) is 0.446. The van der Waals surface area contributed by atoms with E-state index in [9.17, 15) is 0 Å². The van der Waals surface area contributed by atoms with E-state index in [4.69, 9.17) is 10.5 Å². The zero-order valence-electron chi connectivity index (χ0n) is 8.18. The molecule has 0 heterocycles. The number of likely N-dealkylation sites (N-methyl/N-ethyl adjacent to an activating group) is 1. The molecule has 0 saturated heterocycles. The lowest BCUT2D eigenvalue weighted by Crippen LogP contribution is -2.40. The van der Waals surface area contributed by atoms with Crippen LogP contribution in [-0.4, -0.2) is 43.8 Å². The van der Waals surface area contributed by atoms with Gasteiger partial charge >= 0.3 is 0 Å². The van der Waals surface area contributed by atoms with Crippen molar-refractivity contribution in [1.82, 2.24) is 4.90 Å². The summed E-state index contributed by atoms with van der Waals surface area (Å²) in [6.07, 6.45) is 2.38. The lowest BCUT2D eigenvalue weighted by atomic mass is 10.2. The molecular formula is C9H20N2O. The topological polar surface area (TPSA) is 38.5 Å². The summed E-state index contributed by atoms with van der Waals surface area (Å²) in [5, 5.41) is 0. The quantitative estimate of drug-likeness (QED) is 0.632. The highest BCUT2D eigenvalue weighted by Gasteiger charge is 2.39. The highest BCUT2D eigenvalue weighted by Crippen LogP contribution is 2.32. The lowest BCUT2D eigenvalue weighted by Gasteiger charge is -2.23. The number of ether oxygens (including phenoxy) is 1. The highest BCUT2D eigenvalue weighted by molar-refractivity contribution is 5.00. The summed E-state index contributed by atoms with van der Waals surface area (Å²) in [7, 11) is 1.74. The van der Waals surface area contributed by atoms with Crippen molar-refractivity contribution < 1.29 is 4.74 Å². The molecule has 12 heavy (non-hydrogen) atoms. The van der Waals surface area contributed by atoms with Gasteiger partial charge in [0.25, 0.3) is 0 Å². The Bertz CT molecular complexity index is 134. The summed E-state index contributed by atoms with van der Waals surface area (Å²) < 4.78 is 5.03. The summed E-state index contributed by atoms with van der Waals surface area (Å²) in [5.74, 6) is 0. The van der Waals surface area contributed by atoms with Gasteiger partial charge in [-0.3, -0.25) is 4.90 Å². The first-order chi connectivity index (χ1) is 5.70. The molecule has 2 N–H and O–H groups in total. The van der Waals surface area contributed by atoms with E-state index in [1.165, 1.54) is 12.8 Å². The van der Waals surface area contributed by atoms with E-state index in [0.717, 1.165) is 26.2 Å². The third kappa shape index (κ3) is 3.09. The first-order valence-electron chi connectivity index (χ1n) is 4.70. The summed E-state index contributed by atoms with van der Waals surface area (Å²) in [6.45, 7) is 6.09. The zero-order chi connectivity index (χ0) is 9.03. The van der Waals surface area contributed by atoms with Crippen molar-refractivity contribution in [2.45, 2.75) is 25.3 Å². The van der Waals surface area contributed by atoms with Crippen molar-refractivity contribution in [1.29, 1.82) is 0 Å². The Morgan fingerprint density at radius 2 is 2.17 bits per heavy atom. The predicted molar refractivity (Wildman–Crippen MR) is 50.1 cm³/mol. The average molecular weight is 172 g/mol. The minimum absolute atomic E-state index is 0.143. The van der Waals surface area contributed by atoms with Crippen LogP contribution in [0.5, 0.6) is 0 Å². The molecule has 0 spiro atoms. The van der Waals surface area contributed by atoms with Gasteiger partial charge in [0.05, 0.1) is 6.61 Å². The van der Waals surface area contributed by atoms with Crippen LogP contribution >= 0.6 is 0 Å². The van der Waals surface area contributed by atoms with Gasteiger partial charge in [0.1, 0.15) is 0 Å². The zero-order valence-corrected chi connectivity index (χ0v) is 8.18. The molecule has 72 valence electrons. The van der Waals surface area contributed by atoms with Crippen LogP contribution in [0.2, 0.25) is 0 Å². The molecule has 3 nitrogen and oxygen atoms in total. The molecule has 0 aromatic carbocycles. The van der Waals surface area contributed by atoms with E-state index in [0.29, 0.717) is 0 Å². The Kier molecular flexibility index (Phi) is 3.50. The molecule has 1 saturated carbocycles. The van der Waals surface area contributed by atoms with Crippen LogP contribution in [0.4, 0.5) is 0 Å². The maximum atomic E-state index is 6.01. The van der Waals surface area contributed by atoms with Gasteiger partial charge in [-0.25, -0.2) is 0 Å². The van der Waals surface area contributed by atoms with Crippen LogP contribution in [0.1, 0.15) is 19.8 Å². The third-order valence-corrected chi connectivity index (χ3v) is 2.49. The van der Waals surface area contributed by atoms with Gasteiger partial charge < -0.3 is 10.5 Å². The number of rotatable bonds is 6. The minimum Gasteiger partial charge on any atom is -0.383 e. The Balaban J connectivity index is 2.16. The van der Waals surface area contributed by atoms with E-state index in [1.807, 2.05) is 0 Å². The molecular weight excluding hydrogens is 152 g/mol. The standard InChI is InChI=1S/C9H20N2O/c1-3-11(6-7-12-2)8-9(10)4-5-9/h3-8,10H2,1-2H3. The minimum atomic E-state index is 0.143. The van der Waals surface area contributed by atoms with Gasteiger partial charge in [0, 0.05) is 25.7 Å². The molecule has 0 aromatic heterocycles. The monoisotopic (exact) mass is 172 g/mol. The van der Waals surface area contributed by atoms with Crippen LogP contribution in [0.3, 0.4) is 0 Å². The van der Waals surface area contributed by atoms with Crippen molar-refractivity contribution in [2.75, 3.05) is 33.4 Å². The Morgan fingerprint density at radius 3 is 2.58 bits per heavy atom. The molecule has 0 atom stereocenters. The number of hydrogen-bond acceptors (Lipinski definition) is 3. The van der Waals surface area contributed by atoms with Gasteiger partial charge in [-0.2, -0.15) is 0 Å². The van der Waals surface area contributed by atoms with Gasteiger partial charge in [-0.15, -0.1) is 0 Å². The molecule has 0 bridgehead atoms. The van der Waals surface area contributed by atoms with Crippen molar-refractivity contribution in [3.8, 4) is 0 Å². The molecule has 0 unspecified atom stereocenters. The fourth-order valence-corrected chi connectivity index (χ4v) is 1.33. The second-order valence-electron chi connectivity index (χ2n) is 3.72. The first-order valence-corrected chi connectivity index (χ1v) is 4.70. The normalized spacial score (nSPS) is 20.0. The van der Waals surface area contributed by atoms with E-state index < -0.39 is 0 Å². The van der Waals surface area contributed by atoms with E-state index in [-0.39, 0.29) is 5.54 Å². The SMILES string of the molecule is CCN(CCOC)CC1(N)CC1. The molecule has 1 rings (SSSR count). The molecule has 3 heteroatoms. The number of hydrogen-bond donors (Lipinski definition) is 1. The molecule has 0 aliphatic heterocycles. The average Bonchev–Trinajstić information content (AvgIpc) is 2.77. The maximum absolute atomic E-state index is 6.01. The molecule has 0 aromatic rings. The van der Waals surface area contributed by atoms with E-state index in [1.54, 1.807) is 7.11 Å². The van der Waals surface area contributed by atoms with Crippen molar-refractivity contribution in [3.05, 3.63) is 0 Å². The molecule has 0 radical (unpaired) electrons. The Morgan fingerprint density at radius 1 is 1.50 bits per heavy atom. The lowest BCUT2D eigenvalue weighted by molar-refractivity contribution is 0.145. The largest absolute Gasteiger partial charge is 0.383 e. The second kappa shape index (κ2) is 4.21. The summed E-state index contributed by atoms with van der Waals surface area (Å²) in [6, 6.07) is 0. The molecule has 1 aliphatic rings. The van der Waals surface area contributed by atoms with Crippen molar-refractivity contribution in [2.24, 2.45) is 5.73 Å². The van der Waals surface area contributed by atoms with Crippen molar-refractivity contribution in [3.63, 3.8) is 0 Å². The highest BCUT2D eigenvalue weighted by atomic mass is 16.5. The van der Waals surface area contributed by atoms with Gasteiger partial charge in [-0.05, 0) is 19.4 Å². The summed E-state index contributed by atoms with van der Waals surface area (Å²) in [5.41, 5.74) is 6.15. The fourth-order valence-electron chi connectivity index (χ4n) is 1.33. The smallest absolute Gasteiger partial charge is 0.0589 e.